The monoisotopic (exact) mass is 397 g/mol. The minimum atomic E-state index is -3.52. The van der Waals surface area contributed by atoms with Gasteiger partial charge in [0.25, 0.3) is 5.91 Å². The molecule has 2 aromatic carbocycles. The van der Waals surface area contributed by atoms with Crippen LogP contribution < -0.4 is 0 Å². The van der Waals surface area contributed by atoms with Crippen LogP contribution in [0.4, 0.5) is 0 Å². The van der Waals surface area contributed by atoms with E-state index in [1.54, 1.807) is 47.4 Å². The quantitative estimate of drug-likeness (QED) is 0.568. The standard InChI is InChI=1S/C22H23NO4S/c1-2-15-23(16-18-9-5-3-6-10-18)22(24)21-14-13-19(27-21)17-28(25,26)20-11-7-4-8-12-20/h3-14H,2,15-17H2,1H3. The van der Waals surface area contributed by atoms with Crippen LogP contribution in [0.25, 0.3) is 0 Å². The Morgan fingerprint density at radius 2 is 1.57 bits per heavy atom. The summed E-state index contributed by atoms with van der Waals surface area (Å²) in [6.07, 6.45) is 0.814. The van der Waals surface area contributed by atoms with Crippen molar-refractivity contribution in [3.8, 4) is 0 Å². The van der Waals surface area contributed by atoms with Crippen LogP contribution in [0.2, 0.25) is 0 Å². The lowest BCUT2D eigenvalue weighted by atomic mass is 10.2. The predicted octanol–water partition coefficient (Wildman–Crippen LogP) is 4.31. The van der Waals surface area contributed by atoms with Gasteiger partial charge in [-0.1, -0.05) is 55.5 Å². The fraction of sp³-hybridized carbons (Fsp3) is 0.227. The van der Waals surface area contributed by atoms with Gasteiger partial charge in [0.15, 0.2) is 15.6 Å². The molecule has 0 N–H and O–H groups in total. The van der Waals surface area contributed by atoms with Crippen LogP contribution >= 0.6 is 0 Å². The molecule has 0 aliphatic carbocycles. The second-order valence-corrected chi connectivity index (χ2v) is 8.54. The van der Waals surface area contributed by atoms with Gasteiger partial charge in [0.05, 0.1) is 4.90 Å². The molecule has 0 aliphatic heterocycles. The molecule has 6 heteroatoms. The largest absolute Gasteiger partial charge is 0.455 e. The maximum atomic E-state index is 12.9. The van der Waals surface area contributed by atoms with Crippen molar-refractivity contribution in [2.24, 2.45) is 0 Å². The number of carbonyl (C=O) groups excluding carboxylic acids is 1. The van der Waals surface area contributed by atoms with Gasteiger partial charge in [0.2, 0.25) is 0 Å². The van der Waals surface area contributed by atoms with E-state index in [-0.39, 0.29) is 28.1 Å². The summed E-state index contributed by atoms with van der Waals surface area (Å²) in [5.74, 6) is -0.114. The number of hydrogen-bond acceptors (Lipinski definition) is 4. The van der Waals surface area contributed by atoms with Gasteiger partial charge in [0.1, 0.15) is 11.5 Å². The van der Waals surface area contributed by atoms with Gasteiger partial charge >= 0.3 is 0 Å². The van der Waals surface area contributed by atoms with Crippen molar-refractivity contribution >= 4 is 15.7 Å². The van der Waals surface area contributed by atoms with E-state index in [0.29, 0.717) is 13.1 Å². The predicted molar refractivity (Wildman–Crippen MR) is 108 cm³/mol. The molecule has 0 unspecified atom stereocenters. The zero-order chi connectivity index (χ0) is 20.0. The van der Waals surface area contributed by atoms with Crippen molar-refractivity contribution in [2.75, 3.05) is 6.54 Å². The normalized spacial score (nSPS) is 11.3. The van der Waals surface area contributed by atoms with Crippen LogP contribution in [0.15, 0.2) is 82.1 Å². The highest BCUT2D eigenvalue weighted by Crippen LogP contribution is 2.19. The molecule has 0 spiro atoms. The van der Waals surface area contributed by atoms with Crippen LogP contribution in [-0.2, 0) is 22.1 Å². The fourth-order valence-corrected chi connectivity index (χ4v) is 4.22. The Kier molecular flexibility index (Phi) is 6.31. The van der Waals surface area contributed by atoms with Crippen molar-refractivity contribution in [3.63, 3.8) is 0 Å². The molecule has 0 saturated heterocycles. The molecule has 3 aromatic rings. The summed E-state index contributed by atoms with van der Waals surface area (Å²) in [6.45, 7) is 3.07. The van der Waals surface area contributed by atoms with E-state index >= 15 is 0 Å². The molecule has 1 heterocycles. The minimum absolute atomic E-state index is 0.155. The molecule has 0 aliphatic rings. The van der Waals surface area contributed by atoms with E-state index in [2.05, 4.69) is 0 Å². The second-order valence-electron chi connectivity index (χ2n) is 6.55. The van der Waals surface area contributed by atoms with Gasteiger partial charge in [-0.2, -0.15) is 0 Å². The highest BCUT2D eigenvalue weighted by Gasteiger charge is 2.22. The van der Waals surface area contributed by atoms with Gasteiger partial charge in [-0.05, 0) is 36.2 Å². The number of carbonyl (C=O) groups is 1. The maximum absolute atomic E-state index is 12.9. The van der Waals surface area contributed by atoms with Gasteiger partial charge in [0, 0.05) is 13.1 Å². The average Bonchev–Trinajstić information content (AvgIpc) is 3.16. The number of hydrogen-bond donors (Lipinski definition) is 0. The van der Waals surface area contributed by atoms with Crippen molar-refractivity contribution in [1.82, 2.24) is 4.90 Å². The SMILES string of the molecule is CCCN(Cc1ccccc1)C(=O)c1ccc(CS(=O)(=O)c2ccccc2)o1. The molecular weight excluding hydrogens is 374 g/mol. The molecule has 0 radical (unpaired) electrons. The third-order valence-electron chi connectivity index (χ3n) is 4.30. The number of amides is 1. The van der Waals surface area contributed by atoms with E-state index in [9.17, 15) is 13.2 Å². The van der Waals surface area contributed by atoms with Gasteiger partial charge < -0.3 is 9.32 Å². The highest BCUT2D eigenvalue weighted by molar-refractivity contribution is 7.90. The Balaban J connectivity index is 1.75. The Morgan fingerprint density at radius 3 is 2.21 bits per heavy atom. The van der Waals surface area contributed by atoms with Crippen LogP contribution in [-0.4, -0.2) is 25.8 Å². The Morgan fingerprint density at radius 1 is 0.929 bits per heavy atom. The molecule has 0 bridgehead atoms. The van der Waals surface area contributed by atoms with E-state index in [1.165, 1.54) is 0 Å². The maximum Gasteiger partial charge on any atom is 0.289 e. The Labute approximate surface area is 165 Å². The summed E-state index contributed by atoms with van der Waals surface area (Å²) < 4.78 is 30.6. The van der Waals surface area contributed by atoms with E-state index in [0.717, 1.165) is 12.0 Å². The first kappa shape index (κ1) is 19.9. The molecular formula is C22H23NO4S. The minimum Gasteiger partial charge on any atom is -0.455 e. The van der Waals surface area contributed by atoms with Crippen molar-refractivity contribution in [2.45, 2.75) is 30.5 Å². The molecule has 28 heavy (non-hydrogen) atoms. The molecule has 146 valence electrons. The number of nitrogens with zero attached hydrogens (tertiary/aromatic N) is 1. The lowest BCUT2D eigenvalue weighted by Crippen LogP contribution is -2.31. The topological polar surface area (TPSA) is 67.6 Å². The summed E-state index contributed by atoms with van der Waals surface area (Å²) in [5.41, 5.74) is 1.03. The van der Waals surface area contributed by atoms with Crippen molar-refractivity contribution < 1.29 is 17.6 Å². The number of furan rings is 1. The summed E-state index contributed by atoms with van der Waals surface area (Å²) >= 11 is 0. The lowest BCUT2D eigenvalue weighted by Gasteiger charge is -2.21. The first-order valence-electron chi connectivity index (χ1n) is 9.19. The molecule has 0 saturated carbocycles. The molecule has 1 aromatic heterocycles. The number of sulfone groups is 1. The van der Waals surface area contributed by atoms with Crippen molar-refractivity contribution in [3.05, 3.63) is 89.9 Å². The van der Waals surface area contributed by atoms with Crippen molar-refractivity contribution in [1.29, 1.82) is 0 Å². The first-order valence-corrected chi connectivity index (χ1v) is 10.8. The van der Waals surface area contributed by atoms with Gasteiger partial charge in [-0.25, -0.2) is 8.42 Å². The zero-order valence-electron chi connectivity index (χ0n) is 15.7. The molecule has 0 atom stereocenters. The molecule has 0 fully saturated rings. The fourth-order valence-electron chi connectivity index (χ4n) is 2.95. The summed E-state index contributed by atoms with van der Waals surface area (Å²) in [4.78, 5) is 14.8. The number of benzene rings is 2. The first-order chi connectivity index (χ1) is 13.5. The smallest absolute Gasteiger partial charge is 0.289 e. The van der Waals surface area contributed by atoms with Crippen LogP contribution in [0, 0.1) is 0 Å². The lowest BCUT2D eigenvalue weighted by molar-refractivity contribution is 0.0709. The molecule has 5 nitrogen and oxygen atoms in total. The van der Waals surface area contributed by atoms with Gasteiger partial charge in [-0.15, -0.1) is 0 Å². The third kappa shape index (κ3) is 4.89. The summed E-state index contributed by atoms with van der Waals surface area (Å²) in [7, 11) is -3.52. The molecule has 1 amide bonds. The van der Waals surface area contributed by atoms with Gasteiger partial charge in [-0.3, -0.25) is 4.79 Å². The zero-order valence-corrected chi connectivity index (χ0v) is 16.6. The average molecular weight is 397 g/mol. The second kappa shape index (κ2) is 8.89. The molecule has 3 rings (SSSR count). The van der Waals surface area contributed by atoms with Crippen LogP contribution in [0.1, 0.15) is 35.2 Å². The summed E-state index contributed by atoms with van der Waals surface area (Å²) in [5, 5.41) is 0. The van der Waals surface area contributed by atoms with E-state index < -0.39 is 9.84 Å². The third-order valence-corrected chi connectivity index (χ3v) is 5.96. The highest BCUT2D eigenvalue weighted by atomic mass is 32.2. The van der Waals surface area contributed by atoms with Crippen LogP contribution in [0.3, 0.4) is 0 Å². The number of rotatable bonds is 8. The summed E-state index contributed by atoms with van der Waals surface area (Å²) in [6, 6.07) is 21.1. The van der Waals surface area contributed by atoms with E-state index in [4.69, 9.17) is 4.42 Å². The Bertz CT molecular complexity index is 1010. The van der Waals surface area contributed by atoms with E-state index in [1.807, 2.05) is 37.3 Å². The Hall–Kier alpha value is -2.86. The van der Waals surface area contributed by atoms with Crippen LogP contribution in [0.5, 0.6) is 0 Å².